The molecule has 8 rings (SSSR count). The highest BCUT2D eigenvalue weighted by atomic mass is 35.5. The summed E-state index contributed by atoms with van der Waals surface area (Å²) in [6, 6.07) is 30.0. The van der Waals surface area contributed by atoms with E-state index in [2.05, 4.69) is 41.9 Å². The molecule has 3 N–H and O–H groups in total. The Kier molecular flexibility index (Phi) is 14.2. The summed E-state index contributed by atoms with van der Waals surface area (Å²) in [7, 11) is -0.532. The fourth-order valence-electron chi connectivity index (χ4n) is 8.07. The lowest BCUT2D eigenvalue weighted by molar-refractivity contribution is -0.384. The molecule has 3 heterocycles. The standard InChI is InChI=1S/C48H52ClN7O8S/c1-53(2)23-26-63-39-8-12-42(34-3-5-37(49)6-4-34)36(28-39)32-54-19-21-55(22-20-54)38-7-11-43(47(29-38)64-40-9-13-44-35(27-40)15-18-50-44)48(57)52-65(60,61)41-10-14-45(46(30-41)56(58)59)51-31-33-16-24-62-25-17-33/h3-15,18,27-30,33,50-51H,16-17,19-26,31-32H2,1-2H3,(H,52,57). The maximum atomic E-state index is 14.0. The van der Waals surface area contributed by atoms with Crippen LogP contribution >= 0.6 is 11.6 Å². The van der Waals surface area contributed by atoms with Gasteiger partial charge in [0.15, 0.2) is 0 Å². The Balaban J connectivity index is 1.00. The highest BCUT2D eigenvalue weighted by Gasteiger charge is 2.27. The number of halogens is 1. The van der Waals surface area contributed by atoms with Crippen molar-refractivity contribution >= 4 is 55.5 Å². The number of hydrogen-bond acceptors (Lipinski definition) is 12. The number of aromatic nitrogens is 1. The molecule has 17 heteroatoms. The van der Waals surface area contributed by atoms with E-state index in [0.29, 0.717) is 56.8 Å². The van der Waals surface area contributed by atoms with Gasteiger partial charge in [-0.2, -0.15) is 0 Å². The molecule has 15 nitrogen and oxygen atoms in total. The van der Waals surface area contributed by atoms with Crippen LogP contribution in [-0.2, 0) is 21.3 Å². The van der Waals surface area contributed by atoms with Gasteiger partial charge in [-0.25, -0.2) is 13.1 Å². The molecule has 2 aliphatic rings. The minimum absolute atomic E-state index is 0.0308. The topological polar surface area (TPSA) is 172 Å². The van der Waals surface area contributed by atoms with Crippen molar-refractivity contribution in [1.82, 2.24) is 19.5 Å². The van der Waals surface area contributed by atoms with Crippen molar-refractivity contribution in [3.63, 3.8) is 0 Å². The number of rotatable bonds is 17. The Hall–Kier alpha value is -6.17. The molecule has 5 aromatic carbocycles. The maximum absolute atomic E-state index is 14.0. The van der Waals surface area contributed by atoms with Crippen LogP contribution in [0.2, 0.25) is 5.02 Å². The minimum Gasteiger partial charge on any atom is -0.492 e. The third-order valence-corrected chi connectivity index (χ3v) is 13.3. The highest BCUT2D eigenvalue weighted by Crippen LogP contribution is 2.35. The Labute approximate surface area is 383 Å². The van der Waals surface area contributed by atoms with Gasteiger partial charge in [0.1, 0.15) is 29.5 Å². The van der Waals surface area contributed by atoms with Gasteiger partial charge < -0.3 is 34.3 Å². The van der Waals surface area contributed by atoms with E-state index in [0.717, 1.165) is 77.6 Å². The zero-order valence-corrected chi connectivity index (χ0v) is 37.9. The molecule has 0 unspecified atom stereocenters. The van der Waals surface area contributed by atoms with Crippen LogP contribution in [0.1, 0.15) is 28.8 Å². The number of benzene rings is 5. The summed E-state index contributed by atoms with van der Waals surface area (Å²) in [6.45, 7) is 6.60. The summed E-state index contributed by atoms with van der Waals surface area (Å²) >= 11 is 6.24. The van der Waals surface area contributed by atoms with Crippen molar-refractivity contribution < 1.29 is 32.3 Å². The highest BCUT2D eigenvalue weighted by molar-refractivity contribution is 7.90. The smallest absolute Gasteiger partial charge is 0.293 e. The quantitative estimate of drug-likeness (QED) is 0.0591. The molecule has 0 spiro atoms. The van der Waals surface area contributed by atoms with E-state index in [4.69, 9.17) is 25.8 Å². The van der Waals surface area contributed by atoms with Gasteiger partial charge in [-0.3, -0.25) is 19.8 Å². The molecule has 2 fully saturated rings. The number of nitrogens with one attached hydrogen (secondary N) is 3. The lowest BCUT2D eigenvalue weighted by atomic mass is 9.98. The molecular weight excluding hydrogens is 870 g/mol. The molecule has 65 heavy (non-hydrogen) atoms. The first-order valence-corrected chi connectivity index (χ1v) is 23.4. The largest absolute Gasteiger partial charge is 0.492 e. The van der Waals surface area contributed by atoms with Crippen LogP contribution in [0.3, 0.4) is 0 Å². The van der Waals surface area contributed by atoms with Crippen molar-refractivity contribution in [2.45, 2.75) is 24.3 Å². The van der Waals surface area contributed by atoms with Gasteiger partial charge in [-0.15, -0.1) is 0 Å². The number of H-pyrrole nitrogens is 1. The summed E-state index contributed by atoms with van der Waals surface area (Å²) < 4.78 is 47.5. The second-order valence-corrected chi connectivity index (χ2v) is 18.7. The van der Waals surface area contributed by atoms with Crippen molar-refractivity contribution in [2.24, 2.45) is 5.92 Å². The van der Waals surface area contributed by atoms with Gasteiger partial charge in [-0.05, 0) is 122 Å². The van der Waals surface area contributed by atoms with Crippen LogP contribution < -0.4 is 24.4 Å². The number of fused-ring (bicyclic) bond motifs is 1. The predicted octanol–water partition coefficient (Wildman–Crippen LogP) is 8.41. The summed E-state index contributed by atoms with van der Waals surface area (Å²) in [5.74, 6) is 0.717. The molecule has 6 aromatic rings. The number of aromatic amines is 1. The van der Waals surface area contributed by atoms with Gasteiger partial charge in [-0.1, -0.05) is 29.8 Å². The van der Waals surface area contributed by atoms with Gasteiger partial charge in [0.25, 0.3) is 21.6 Å². The number of sulfonamides is 1. The number of likely N-dealkylation sites (N-methyl/N-ethyl adjacent to an activating group) is 1. The summed E-state index contributed by atoms with van der Waals surface area (Å²) in [5, 5.41) is 16.8. The molecule has 1 aromatic heterocycles. The molecular formula is C48H52ClN7O8S. The van der Waals surface area contributed by atoms with Gasteiger partial charge in [0, 0.05) is 99.0 Å². The number of anilines is 2. The monoisotopic (exact) mass is 921 g/mol. The number of ether oxygens (including phenoxy) is 3. The van der Waals surface area contributed by atoms with E-state index >= 15 is 0 Å². The molecule has 2 saturated heterocycles. The first-order valence-electron chi connectivity index (χ1n) is 21.6. The number of nitro benzene ring substituents is 1. The van der Waals surface area contributed by atoms with Gasteiger partial charge >= 0.3 is 0 Å². The third-order valence-electron chi connectivity index (χ3n) is 11.8. The normalized spacial score (nSPS) is 15.0. The van der Waals surface area contributed by atoms with E-state index in [-0.39, 0.29) is 22.9 Å². The van der Waals surface area contributed by atoms with Crippen molar-refractivity contribution in [3.05, 3.63) is 136 Å². The summed E-state index contributed by atoms with van der Waals surface area (Å²) in [5.41, 5.74) is 4.74. The number of piperazine rings is 1. The molecule has 2 aliphatic heterocycles. The van der Waals surface area contributed by atoms with Crippen LogP contribution in [0.5, 0.6) is 17.2 Å². The van der Waals surface area contributed by atoms with Gasteiger partial charge in [0.2, 0.25) is 0 Å². The van der Waals surface area contributed by atoms with E-state index in [1.54, 1.807) is 24.3 Å². The second-order valence-electron chi connectivity index (χ2n) is 16.6. The molecule has 0 saturated carbocycles. The lowest BCUT2D eigenvalue weighted by Crippen LogP contribution is -2.46. The number of nitro groups is 1. The average molecular weight is 923 g/mol. The van der Waals surface area contributed by atoms with Crippen molar-refractivity contribution in [1.29, 1.82) is 0 Å². The Morgan fingerprint density at radius 1 is 0.923 bits per heavy atom. The van der Waals surface area contributed by atoms with E-state index < -0.39 is 31.4 Å². The number of carbonyl (C=O) groups is 1. The summed E-state index contributed by atoms with van der Waals surface area (Å²) in [6.07, 6.45) is 3.45. The third kappa shape index (κ3) is 11.4. The van der Waals surface area contributed by atoms with Crippen LogP contribution in [0, 0.1) is 16.0 Å². The van der Waals surface area contributed by atoms with E-state index in [1.165, 1.54) is 12.1 Å². The SMILES string of the molecule is CN(C)CCOc1ccc(-c2ccc(Cl)cc2)c(CN2CCN(c3ccc(C(=O)NS(=O)(=O)c4ccc(NCC5CCOCC5)c([N+](=O)[O-])c4)c(Oc4ccc5[nH]ccc5c4)c3)CC2)c1. The first-order chi connectivity index (χ1) is 31.4. The molecule has 340 valence electrons. The van der Waals surface area contributed by atoms with Crippen LogP contribution in [0.4, 0.5) is 17.1 Å². The average Bonchev–Trinajstić information content (AvgIpc) is 3.77. The Bertz CT molecular complexity index is 2750. The van der Waals surface area contributed by atoms with E-state index in [1.807, 2.05) is 68.8 Å². The lowest BCUT2D eigenvalue weighted by Gasteiger charge is -2.36. The van der Waals surface area contributed by atoms with E-state index in [9.17, 15) is 23.3 Å². The number of amides is 1. The summed E-state index contributed by atoms with van der Waals surface area (Å²) in [4.78, 5) is 34.8. The molecule has 0 bridgehead atoms. The maximum Gasteiger partial charge on any atom is 0.293 e. The molecule has 0 radical (unpaired) electrons. The number of carbonyl (C=O) groups excluding carboxylic acids is 1. The zero-order valence-electron chi connectivity index (χ0n) is 36.3. The van der Waals surface area contributed by atoms with Crippen LogP contribution in [0.15, 0.2) is 114 Å². The van der Waals surface area contributed by atoms with Crippen LogP contribution in [-0.4, -0.2) is 107 Å². The molecule has 0 atom stereocenters. The van der Waals surface area contributed by atoms with Crippen LogP contribution in [0.25, 0.3) is 22.0 Å². The fourth-order valence-corrected chi connectivity index (χ4v) is 9.19. The first kappa shape index (κ1) is 45.4. The van der Waals surface area contributed by atoms with Crippen molar-refractivity contribution in [2.75, 3.05) is 83.4 Å². The second kappa shape index (κ2) is 20.3. The molecule has 1 amide bonds. The number of hydrogen-bond donors (Lipinski definition) is 3. The zero-order chi connectivity index (χ0) is 45.5. The Morgan fingerprint density at radius 2 is 1.69 bits per heavy atom. The fraction of sp³-hybridized carbons (Fsp3) is 0.312. The van der Waals surface area contributed by atoms with Gasteiger partial charge in [0.05, 0.1) is 15.4 Å². The Morgan fingerprint density at radius 3 is 2.45 bits per heavy atom. The molecule has 0 aliphatic carbocycles. The van der Waals surface area contributed by atoms with Crippen molar-refractivity contribution in [3.8, 4) is 28.4 Å². The minimum atomic E-state index is -4.56. The predicted molar refractivity (Wildman–Crippen MR) is 253 cm³/mol. The number of nitrogens with zero attached hydrogens (tertiary/aromatic N) is 4.